The summed E-state index contributed by atoms with van der Waals surface area (Å²) in [5, 5.41) is 0. The van der Waals surface area contributed by atoms with Gasteiger partial charge in [0, 0.05) is 27.4 Å². The van der Waals surface area contributed by atoms with Crippen molar-refractivity contribution in [2.24, 2.45) is 0 Å². The van der Waals surface area contributed by atoms with Crippen LogP contribution in [0, 0.1) is 0 Å². The highest BCUT2D eigenvalue weighted by Crippen LogP contribution is 2.18. The van der Waals surface area contributed by atoms with Crippen molar-refractivity contribution in [1.29, 1.82) is 0 Å². The first-order valence-corrected chi connectivity index (χ1v) is 11.8. The van der Waals surface area contributed by atoms with Crippen molar-refractivity contribution in [2.75, 3.05) is 21.3 Å². The second kappa shape index (κ2) is 19.6. The first kappa shape index (κ1) is 26.5. The van der Waals surface area contributed by atoms with Gasteiger partial charge in [-0.2, -0.15) is 0 Å². The van der Waals surface area contributed by atoms with Crippen molar-refractivity contribution in [3.63, 3.8) is 0 Å². The summed E-state index contributed by atoms with van der Waals surface area (Å²) < 4.78 is 16.3. The van der Waals surface area contributed by atoms with Crippen molar-refractivity contribution in [1.82, 2.24) is 0 Å². The minimum atomic E-state index is -2.32. The predicted octanol–water partition coefficient (Wildman–Crippen LogP) is 4.89. The molecule has 0 rings (SSSR count). The quantitative estimate of drug-likeness (QED) is 0.251. The Morgan fingerprint density at radius 1 is 0.500 bits per heavy atom. The minimum Gasteiger partial charge on any atom is -0.377 e. The van der Waals surface area contributed by atoms with Crippen LogP contribution in [0.2, 0.25) is 6.04 Å². The minimum absolute atomic E-state index is 0. The Labute approximate surface area is 157 Å². The van der Waals surface area contributed by atoms with E-state index in [2.05, 4.69) is 6.92 Å². The van der Waals surface area contributed by atoms with Crippen LogP contribution in [0.25, 0.3) is 0 Å². The van der Waals surface area contributed by atoms with E-state index in [-0.39, 0.29) is 11.0 Å². The Balaban J connectivity index is 0. The van der Waals surface area contributed by atoms with Gasteiger partial charge in [-0.25, -0.2) is 0 Å². The molecule has 0 radical (unpaired) electrons. The van der Waals surface area contributed by atoms with Crippen molar-refractivity contribution < 1.29 is 13.3 Å². The molecule has 0 saturated heterocycles. The molecular weight excluding hydrogens is 332 g/mol. The molecule has 0 aromatic carbocycles. The molecule has 0 N–H and O–H groups in total. The van der Waals surface area contributed by atoms with Crippen LogP contribution in [-0.2, 0) is 13.3 Å². The van der Waals surface area contributed by atoms with E-state index in [0.29, 0.717) is 0 Å². The molecule has 0 heterocycles. The lowest BCUT2D eigenvalue weighted by molar-refractivity contribution is 0.122. The van der Waals surface area contributed by atoms with Crippen LogP contribution in [-0.4, -0.2) is 41.1 Å². The summed E-state index contributed by atoms with van der Waals surface area (Å²) >= 11 is 0. The maximum absolute atomic E-state index is 5.44. The molecule has 0 saturated carbocycles. The standard InChI is InChI=1S/C19H42O3Si.H4Si/c1-5-6-7-8-9-10-11-12-13-14-15-16-17-18-19-23(20-2,21-3)22-4;/h5-19H2,1-4H3;1H4. The van der Waals surface area contributed by atoms with Crippen LogP contribution in [0.15, 0.2) is 0 Å². The van der Waals surface area contributed by atoms with Gasteiger partial charge in [0.25, 0.3) is 0 Å². The van der Waals surface area contributed by atoms with Gasteiger partial charge in [0.2, 0.25) is 0 Å². The number of hydrogen-bond donors (Lipinski definition) is 0. The number of rotatable bonds is 18. The van der Waals surface area contributed by atoms with Gasteiger partial charge in [-0.05, 0) is 17.4 Å². The van der Waals surface area contributed by atoms with E-state index < -0.39 is 8.80 Å². The molecule has 0 unspecified atom stereocenters. The summed E-state index contributed by atoms with van der Waals surface area (Å²) in [6, 6.07) is 0.939. The Bertz CT molecular complexity index is 228. The fourth-order valence-electron chi connectivity index (χ4n) is 3.09. The second-order valence-electron chi connectivity index (χ2n) is 6.64. The highest BCUT2D eigenvalue weighted by Gasteiger charge is 2.36. The molecule has 24 heavy (non-hydrogen) atoms. The molecule has 0 aliphatic heterocycles. The smallest absolute Gasteiger partial charge is 0.377 e. The largest absolute Gasteiger partial charge is 0.500 e. The molecule has 0 spiro atoms. The molecule has 0 aromatic heterocycles. The van der Waals surface area contributed by atoms with Gasteiger partial charge in [-0.3, -0.25) is 0 Å². The Hall–Kier alpha value is 0.314. The second-order valence-corrected chi connectivity index (χ2v) is 9.73. The van der Waals surface area contributed by atoms with Gasteiger partial charge in [0.1, 0.15) is 0 Å². The summed E-state index contributed by atoms with van der Waals surface area (Å²) in [6.07, 6.45) is 19.4. The zero-order valence-corrected chi connectivity index (χ0v) is 17.3. The molecule has 0 bridgehead atoms. The van der Waals surface area contributed by atoms with E-state index in [1.165, 1.54) is 83.5 Å². The molecular formula is C19H46O3Si2. The van der Waals surface area contributed by atoms with Gasteiger partial charge in [0.05, 0.1) is 0 Å². The molecule has 0 amide bonds. The number of unbranched alkanes of at least 4 members (excludes halogenated alkanes) is 13. The molecule has 148 valence electrons. The average Bonchev–Trinajstić information content (AvgIpc) is 2.59. The van der Waals surface area contributed by atoms with E-state index in [9.17, 15) is 0 Å². The van der Waals surface area contributed by atoms with Gasteiger partial charge in [-0.15, -0.1) is 0 Å². The molecule has 0 aliphatic rings. The molecule has 0 aromatic rings. The maximum Gasteiger partial charge on any atom is 0.500 e. The fraction of sp³-hybridized carbons (Fsp3) is 1.00. The maximum atomic E-state index is 5.44. The zero-order valence-electron chi connectivity index (χ0n) is 16.3. The van der Waals surface area contributed by atoms with E-state index >= 15 is 0 Å². The summed E-state index contributed by atoms with van der Waals surface area (Å²) in [5.41, 5.74) is 0. The Morgan fingerprint density at radius 3 is 1.08 bits per heavy atom. The van der Waals surface area contributed by atoms with Crippen LogP contribution < -0.4 is 0 Å². The number of hydrogen-bond acceptors (Lipinski definition) is 3. The van der Waals surface area contributed by atoms with Crippen LogP contribution in [0.4, 0.5) is 0 Å². The van der Waals surface area contributed by atoms with Crippen LogP contribution >= 0.6 is 0 Å². The Kier molecular flexibility index (Phi) is 21.7. The van der Waals surface area contributed by atoms with Gasteiger partial charge in [-0.1, -0.05) is 90.4 Å². The summed E-state index contributed by atoms with van der Waals surface area (Å²) in [5.74, 6) is 0. The van der Waals surface area contributed by atoms with Crippen molar-refractivity contribution >= 4 is 19.8 Å². The van der Waals surface area contributed by atoms with E-state index in [0.717, 1.165) is 12.5 Å². The highest BCUT2D eigenvalue weighted by atomic mass is 28.4. The van der Waals surface area contributed by atoms with E-state index in [1.807, 2.05) is 0 Å². The topological polar surface area (TPSA) is 27.7 Å². The zero-order chi connectivity index (χ0) is 17.2. The van der Waals surface area contributed by atoms with Gasteiger partial charge < -0.3 is 13.3 Å². The summed E-state index contributed by atoms with van der Waals surface area (Å²) in [7, 11) is 2.77. The monoisotopic (exact) mass is 378 g/mol. The first-order valence-electron chi connectivity index (χ1n) is 9.90. The normalized spacial score (nSPS) is 11.5. The van der Waals surface area contributed by atoms with E-state index in [1.54, 1.807) is 21.3 Å². The summed E-state index contributed by atoms with van der Waals surface area (Å²) in [4.78, 5) is 0. The van der Waals surface area contributed by atoms with Crippen LogP contribution in [0.5, 0.6) is 0 Å². The highest BCUT2D eigenvalue weighted by molar-refractivity contribution is 6.60. The lowest BCUT2D eigenvalue weighted by Gasteiger charge is -2.24. The van der Waals surface area contributed by atoms with Crippen LogP contribution in [0.1, 0.15) is 96.8 Å². The Morgan fingerprint density at radius 2 is 0.792 bits per heavy atom. The molecule has 0 aliphatic carbocycles. The van der Waals surface area contributed by atoms with E-state index in [4.69, 9.17) is 13.3 Å². The molecule has 5 heteroatoms. The summed E-state index contributed by atoms with van der Waals surface area (Å²) in [6.45, 7) is 2.28. The predicted molar refractivity (Wildman–Crippen MR) is 113 cm³/mol. The molecule has 3 nitrogen and oxygen atoms in total. The third kappa shape index (κ3) is 14.6. The van der Waals surface area contributed by atoms with Gasteiger partial charge in [0.15, 0.2) is 0 Å². The van der Waals surface area contributed by atoms with Crippen molar-refractivity contribution in [3.05, 3.63) is 0 Å². The SMILES string of the molecule is CCCCCCCCCCCCCCCC[Si](OC)(OC)OC.[SiH4]. The molecule has 0 fully saturated rings. The van der Waals surface area contributed by atoms with Crippen molar-refractivity contribution in [3.8, 4) is 0 Å². The van der Waals surface area contributed by atoms with Gasteiger partial charge >= 0.3 is 8.80 Å². The lowest BCUT2D eigenvalue weighted by Crippen LogP contribution is -2.42. The van der Waals surface area contributed by atoms with Crippen molar-refractivity contribution in [2.45, 2.75) is 103 Å². The lowest BCUT2D eigenvalue weighted by atomic mass is 10.0. The third-order valence-corrected chi connectivity index (χ3v) is 7.60. The average molecular weight is 379 g/mol. The fourth-order valence-corrected chi connectivity index (χ4v) is 4.89. The third-order valence-electron chi connectivity index (χ3n) is 4.77. The first-order chi connectivity index (χ1) is 11.2. The van der Waals surface area contributed by atoms with Crippen LogP contribution in [0.3, 0.4) is 0 Å². The molecule has 0 atom stereocenters.